The summed E-state index contributed by atoms with van der Waals surface area (Å²) in [5.41, 5.74) is 1.10. The Bertz CT molecular complexity index is 662. The third-order valence-corrected chi connectivity index (χ3v) is 3.61. The van der Waals surface area contributed by atoms with Crippen LogP contribution in [0.4, 0.5) is 14.5 Å². The van der Waals surface area contributed by atoms with Crippen LogP contribution < -0.4 is 5.32 Å². The molecule has 0 saturated heterocycles. The van der Waals surface area contributed by atoms with Crippen molar-refractivity contribution in [3.63, 3.8) is 0 Å². The Kier molecular flexibility index (Phi) is 5.49. The molecule has 0 fully saturated rings. The van der Waals surface area contributed by atoms with Gasteiger partial charge in [0.05, 0.1) is 12.2 Å². The molecule has 2 aromatic rings. The van der Waals surface area contributed by atoms with E-state index in [1.54, 1.807) is 31.3 Å². The van der Waals surface area contributed by atoms with Crippen LogP contribution in [-0.4, -0.2) is 24.4 Å². The molecular weight excluding hydrogens is 354 g/mol. The number of carbonyl (C=O) groups is 1. The number of anilines is 1. The second-order valence-electron chi connectivity index (χ2n) is 4.85. The highest BCUT2D eigenvalue weighted by molar-refractivity contribution is 9.10. The Morgan fingerprint density at radius 2 is 1.86 bits per heavy atom. The van der Waals surface area contributed by atoms with Gasteiger partial charge < -0.3 is 10.2 Å². The smallest absolute Gasteiger partial charge is 0.241 e. The number of rotatable bonds is 5. The maximum absolute atomic E-state index is 13.6. The summed E-state index contributed by atoms with van der Waals surface area (Å²) < 4.78 is 27.1. The molecule has 3 nitrogen and oxygen atoms in total. The number of amides is 1. The minimum Gasteiger partial charge on any atom is -0.374 e. The molecule has 2 rings (SSSR count). The third-order valence-electron chi connectivity index (χ3n) is 3.12. The molecule has 1 amide bonds. The molecule has 6 heteroatoms. The lowest BCUT2D eigenvalue weighted by atomic mass is 10.2. The molecule has 0 saturated carbocycles. The molecule has 0 aliphatic carbocycles. The van der Waals surface area contributed by atoms with Crippen molar-refractivity contribution in [2.24, 2.45) is 0 Å². The predicted molar refractivity (Wildman–Crippen MR) is 85.5 cm³/mol. The quantitative estimate of drug-likeness (QED) is 0.870. The first-order valence-corrected chi connectivity index (χ1v) is 7.42. The van der Waals surface area contributed by atoms with Gasteiger partial charge in [0.15, 0.2) is 0 Å². The first-order valence-electron chi connectivity index (χ1n) is 6.63. The summed E-state index contributed by atoms with van der Waals surface area (Å²) in [7, 11) is 1.64. The van der Waals surface area contributed by atoms with Crippen LogP contribution >= 0.6 is 15.9 Å². The number of hydrogen-bond donors (Lipinski definition) is 1. The summed E-state index contributed by atoms with van der Waals surface area (Å²) in [5, 5.41) is 2.77. The largest absolute Gasteiger partial charge is 0.374 e. The van der Waals surface area contributed by atoms with Crippen molar-refractivity contribution in [3.8, 4) is 0 Å². The van der Waals surface area contributed by atoms with E-state index in [4.69, 9.17) is 0 Å². The van der Waals surface area contributed by atoms with Gasteiger partial charge >= 0.3 is 0 Å². The van der Waals surface area contributed by atoms with Gasteiger partial charge in [-0.05, 0) is 35.9 Å². The van der Waals surface area contributed by atoms with Crippen LogP contribution in [0.25, 0.3) is 0 Å². The van der Waals surface area contributed by atoms with Gasteiger partial charge in [-0.3, -0.25) is 4.79 Å². The number of benzene rings is 2. The molecule has 0 atom stereocenters. The monoisotopic (exact) mass is 368 g/mol. The topological polar surface area (TPSA) is 32.3 Å². The van der Waals surface area contributed by atoms with Gasteiger partial charge in [-0.2, -0.15) is 0 Å². The highest BCUT2D eigenvalue weighted by Gasteiger charge is 2.10. The average molecular weight is 369 g/mol. The average Bonchev–Trinajstić information content (AvgIpc) is 2.48. The van der Waals surface area contributed by atoms with E-state index in [2.05, 4.69) is 21.2 Å². The highest BCUT2D eigenvalue weighted by Crippen LogP contribution is 2.19. The van der Waals surface area contributed by atoms with Crippen LogP contribution in [0.5, 0.6) is 0 Å². The Labute approximate surface area is 136 Å². The Hall–Kier alpha value is -1.95. The number of likely N-dealkylation sites (N-methyl/N-ethyl adjacent to an activating group) is 1. The fourth-order valence-corrected chi connectivity index (χ4v) is 2.22. The first kappa shape index (κ1) is 16.4. The van der Waals surface area contributed by atoms with Crippen LogP contribution in [0.3, 0.4) is 0 Å². The van der Waals surface area contributed by atoms with Crippen molar-refractivity contribution in [2.45, 2.75) is 6.54 Å². The maximum atomic E-state index is 13.6. The SMILES string of the molecule is CN(Cc1ccc(F)cc1)C(=O)CNc1ccc(Br)cc1F. The van der Waals surface area contributed by atoms with Gasteiger partial charge in [0, 0.05) is 18.1 Å². The highest BCUT2D eigenvalue weighted by atomic mass is 79.9. The second-order valence-corrected chi connectivity index (χ2v) is 5.77. The predicted octanol–water partition coefficient (Wildman–Crippen LogP) is 3.80. The van der Waals surface area contributed by atoms with Gasteiger partial charge in [-0.1, -0.05) is 28.1 Å². The van der Waals surface area contributed by atoms with E-state index in [0.29, 0.717) is 11.0 Å². The summed E-state index contributed by atoms with van der Waals surface area (Å²) in [5.74, 6) is -0.930. The number of halogens is 3. The molecule has 0 bridgehead atoms. The molecular formula is C16H15BrF2N2O. The lowest BCUT2D eigenvalue weighted by Crippen LogP contribution is -2.31. The number of carbonyl (C=O) groups excluding carboxylic acids is 1. The van der Waals surface area contributed by atoms with Gasteiger partial charge in [-0.15, -0.1) is 0 Å². The van der Waals surface area contributed by atoms with E-state index in [0.717, 1.165) is 5.56 Å². The molecule has 0 heterocycles. The van der Waals surface area contributed by atoms with Gasteiger partial charge in [0.1, 0.15) is 11.6 Å². The molecule has 0 unspecified atom stereocenters. The lowest BCUT2D eigenvalue weighted by molar-refractivity contribution is -0.128. The molecule has 2 aromatic carbocycles. The Morgan fingerprint density at radius 1 is 1.18 bits per heavy atom. The van der Waals surface area contributed by atoms with E-state index in [1.807, 2.05) is 0 Å². The number of nitrogens with one attached hydrogen (secondary N) is 1. The van der Waals surface area contributed by atoms with E-state index in [1.165, 1.54) is 23.1 Å². The van der Waals surface area contributed by atoms with Crippen LogP contribution in [0.1, 0.15) is 5.56 Å². The van der Waals surface area contributed by atoms with E-state index < -0.39 is 5.82 Å². The minimum atomic E-state index is -0.427. The van der Waals surface area contributed by atoms with Crippen LogP contribution in [0.2, 0.25) is 0 Å². The molecule has 0 aliphatic heterocycles. The molecule has 0 spiro atoms. The van der Waals surface area contributed by atoms with Crippen molar-refractivity contribution in [2.75, 3.05) is 18.9 Å². The van der Waals surface area contributed by atoms with Crippen molar-refractivity contribution in [1.29, 1.82) is 0 Å². The van der Waals surface area contributed by atoms with Crippen LogP contribution in [0.15, 0.2) is 46.9 Å². The summed E-state index contributed by atoms with van der Waals surface area (Å²) in [4.78, 5) is 13.5. The number of hydrogen-bond acceptors (Lipinski definition) is 2. The molecule has 0 aliphatic rings. The zero-order valence-corrected chi connectivity index (χ0v) is 13.5. The summed E-state index contributed by atoms with van der Waals surface area (Å²) in [6, 6.07) is 10.5. The normalized spacial score (nSPS) is 10.4. The van der Waals surface area contributed by atoms with Crippen molar-refractivity contribution in [1.82, 2.24) is 4.90 Å². The standard InChI is InChI=1S/C16H15BrF2N2O/c1-21(10-11-2-5-13(18)6-3-11)16(22)9-20-15-7-4-12(17)8-14(15)19/h2-8,20H,9-10H2,1H3. The summed E-state index contributed by atoms with van der Waals surface area (Å²) >= 11 is 3.17. The van der Waals surface area contributed by atoms with Crippen molar-refractivity contribution >= 4 is 27.5 Å². The summed E-state index contributed by atoms with van der Waals surface area (Å²) in [6.45, 7) is 0.347. The van der Waals surface area contributed by atoms with Gasteiger partial charge in [0.2, 0.25) is 5.91 Å². The molecule has 0 aromatic heterocycles. The molecule has 22 heavy (non-hydrogen) atoms. The van der Waals surface area contributed by atoms with Crippen LogP contribution in [0, 0.1) is 11.6 Å². The maximum Gasteiger partial charge on any atom is 0.241 e. The molecule has 116 valence electrons. The zero-order valence-electron chi connectivity index (χ0n) is 11.9. The fourth-order valence-electron chi connectivity index (χ4n) is 1.89. The fraction of sp³-hybridized carbons (Fsp3) is 0.188. The lowest BCUT2D eigenvalue weighted by Gasteiger charge is -2.18. The third kappa shape index (κ3) is 4.53. The Morgan fingerprint density at radius 3 is 2.50 bits per heavy atom. The van der Waals surface area contributed by atoms with Gasteiger partial charge in [0.25, 0.3) is 0 Å². The first-order chi connectivity index (χ1) is 10.5. The van der Waals surface area contributed by atoms with Crippen LogP contribution in [-0.2, 0) is 11.3 Å². The van der Waals surface area contributed by atoms with E-state index >= 15 is 0 Å². The van der Waals surface area contributed by atoms with Gasteiger partial charge in [-0.25, -0.2) is 8.78 Å². The van der Waals surface area contributed by atoms with Crippen molar-refractivity contribution in [3.05, 3.63) is 64.1 Å². The van der Waals surface area contributed by atoms with E-state index in [-0.39, 0.29) is 24.0 Å². The second kappa shape index (κ2) is 7.35. The Balaban J connectivity index is 1.89. The minimum absolute atomic E-state index is 0.0176. The molecule has 1 N–H and O–H groups in total. The summed E-state index contributed by atoms with van der Waals surface area (Å²) in [6.07, 6.45) is 0. The van der Waals surface area contributed by atoms with Crippen molar-refractivity contribution < 1.29 is 13.6 Å². The number of nitrogens with zero attached hydrogens (tertiary/aromatic N) is 1. The van der Waals surface area contributed by atoms with E-state index in [9.17, 15) is 13.6 Å². The zero-order chi connectivity index (χ0) is 16.1. The molecule has 0 radical (unpaired) electrons.